The first kappa shape index (κ1) is 23.4. The summed E-state index contributed by atoms with van der Waals surface area (Å²) in [6.07, 6.45) is 2.26. The van der Waals surface area contributed by atoms with Crippen molar-refractivity contribution in [1.82, 2.24) is 25.0 Å². The summed E-state index contributed by atoms with van der Waals surface area (Å²) < 4.78 is 1.82. The average Bonchev–Trinajstić information content (AvgIpc) is 3.47. The van der Waals surface area contributed by atoms with Gasteiger partial charge in [-0.25, -0.2) is 0 Å². The molecule has 0 aliphatic carbocycles. The van der Waals surface area contributed by atoms with E-state index in [4.69, 9.17) is 28.9 Å². The van der Waals surface area contributed by atoms with Gasteiger partial charge in [0.05, 0.1) is 30.3 Å². The molecule has 3 N–H and O–H groups in total. The first-order chi connectivity index (χ1) is 16.0. The number of hydrogen-bond acceptors (Lipinski definition) is 6. The lowest BCUT2D eigenvalue weighted by atomic mass is 10.0. The minimum atomic E-state index is -0.311. The molecule has 1 aliphatic heterocycles. The maximum absolute atomic E-state index is 13.5. The van der Waals surface area contributed by atoms with Gasteiger partial charge in [0.25, 0.3) is 0 Å². The number of benzene rings is 2. The lowest BCUT2D eigenvalue weighted by molar-refractivity contribution is -0.119. The van der Waals surface area contributed by atoms with Crippen molar-refractivity contribution in [1.29, 1.82) is 0 Å². The summed E-state index contributed by atoms with van der Waals surface area (Å²) in [5.41, 5.74) is 6.73. The fraction of sp³-hybridized carbons (Fsp3) is 0.304. The number of nitrogens with two attached hydrogens (primary N) is 1. The van der Waals surface area contributed by atoms with Gasteiger partial charge in [0.2, 0.25) is 5.91 Å². The number of ketones is 1. The van der Waals surface area contributed by atoms with Crippen molar-refractivity contribution >= 4 is 34.9 Å². The molecular formula is C23H24Cl2N6O2. The highest BCUT2D eigenvalue weighted by molar-refractivity contribution is 6.35. The lowest BCUT2D eigenvalue weighted by Gasteiger charge is -2.18. The van der Waals surface area contributed by atoms with Gasteiger partial charge in [-0.15, -0.1) is 10.2 Å². The minimum absolute atomic E-state index is 0.116. The molecule has 33 heavy (non-hydrogen) atoms. The molecule has 1 saturated heterocycles. The van der Waals surface area contributed by atoms with Crippen molar-refractivity contribution in [2.45, 2.75) is 25.9 Å². The van der Waals surface area contributed by atoms with Crippen molar-refractivity contribution in [3.8, 4) is 5.69 Å². The number of carbonyl (C=O) groups is 2. The number of hydrogen-bond donors (Lipinski definition) is 2. The number of nitrogens with zero attached hydrogens (tertiary/aromatic N) is 4. The molecule has 0 atom stereocenters. The Balaban J connectivity index is 1.81. The summed E-state index contributed by atoms with van der Waals surface area (Å²) in [6.45, 7) is 2.49. The van der Waals surface area contributed by atoms with Crippen LogP contribution in [0.15, 0.2) is 42.5 Å². The zero-order valence-corrected chi connectivity index (χ0v) is 19.4. The Kier molecular flexibility index (Phi) is 7.39. The fourth-order valence-electron chi connectivity index (χ4n) is 3.91. The average molecular weight is 487 g/mol. The van der Waals surface area contributed by atoms with Crippen LogP contribution in [0.25, 0.3) is 5.69 Å². The molecule has 0 saturated carbocycles. The van der Waals surface area contributed by atoms with Crippen LogP contribution in [0.5, 0.6) is 0 Å². The van der Waals surface area contributed by atoms with Crippen LogP contribution in [-0.2, 0) is 17.9 Å². The second kappa shape index (κ2) is 10.4. The molecule has 0 unspecified atom stereocenters. The summed E-state index contributed by atoms with van der Waals surface area (Å²) in [5, 5.41) is 12.2. The van der Waals surface area contributed by atoms with Gasteiger partial charge in [0, 0.05) is 16.1 Å². The third-order valence-electron chi connectivity index (χ3n) is 5.55. The third kappa shape index (κ3) is 5.25. The van der Waals surface area contributed by atoms with Gasteiger partial charge in [-0.3, -0.25) is 19.1 Å². The predicted octanol–water partition coefficient (Wildman–Crippen LogP) is 2.98. The second-order valence-electron chi connectivity index (χ2n) is 7.80. The maximum atomic E-state index is 13.5. The number of amides is 1. The van der Waals surface area contributed by atoms with E-state index in [1.807, 2.05) is 4.57 Å². The molecule has 172 valence electrons. The highest BCUT2D eigenvalue weighted by atomic mass is 35.5. The van der Waals surface area contributed by atoms with Gasteiger partial charge in [-0.2, -0.15) is 0 Å². The van der Waals surface area contributed by atoms with Gasteiger partial charge in [0.1, 0.15) is 0 Å². The Morgan fingerprint density at radius 2 is 1.73 bits per heavy atom. The van der Waals surface area contributed by atoms with Crippen molar-refractivity contribution in [2.24, 2.45) is 5.73 Å². The van der Waals surface area contributed by atoms with Gasteiger partial charge < -0.3 is 11.1 Å². The van der Waals surface area contributed by atoms with Crippen LogP contribution >= 0.6 is 23.2 Å². The summed E-state index contributed by atoms with van der Waals surface area (Å²) >= 11 is 12.6. The van der Waals surface area contributed by atoms with Crippen LogP contribution < -0.4 is 11.1 Å². The Hall–Kier alpha value is -2.78. The first-order valence-electron chi connectivity index (χ1n) is 10.7. The zero-order chi connectivity index (χ0) is 23.4. The van der Waals surface area contributed by atoms with Gasteiger partial charge in [-0.1, -0.05) is 35.3 Å². The molecule has 8 nitrogen and oxygen atoms in total. The van der Waals surface area contributed by atoms with Crippen LogP contribution in [0.1, 0.15) is 40.4 Å². The molecule has 4 rings (SSSR count). The first-order valence-corrected chi connectivity index (χ1v) is 11.4. The van der Waals surface area contributed by atoms with Crippen molar-refractivity contribution in [2.75, 3.05) is 19.6 Å². The Morgan fingerprint density at radius 3 is 2.45 bits per heavy atom. The van der Waals surface area contributed by atoms with Crippen LogP contribution in [0.3, 0.4) is 0 Å². The molecule has 10 heteroatoms. The summed E-state index contributed by atoms with van der Waals surface area (Å²) in [6, 6.07) is 12.0. The Bertz CT molecular complexity index is 1170. The smallest absolute Gasteiger partial charge is 0.234 e. The van der Waals surface area contributed by atoms with E-state index in [9.17, 15) is 9.59 Å². The molecule has 2 heterocycles. The standard InChI is InChI=1S/C23H24Cl2N6O2/c24-15-7-8-19(17(11-15)23(33)16-5-1-2-6-18(16)25)31-20(13-27-22(32)12-26)28-29-21(31)14-30-9-3-4-10-30/h1-2,5-8,11H,3-4,9-10,12-14,26H2,(H,27,32). The monoisotopic (exact) mass is 486 g/mol. The molecule has 1 aliphatic rings. The van der Waals surface area contributed by atoms with Crippen molar-refractivity contribution in [3.05, 3.63) is 75.3 Å². The molecule has 1 fully saturated rings. The highest BCUT2D eigenvalue weighted by Crippen LogP contribution is 2.28. The minimum Gasteiger partial charge on any atom is -0.348 e. The second-order valence-corrected chi connectivity index (χ2v) is 8.65. The maximum Gasteiger partial charge on any atom is 0.234 e. The van der Waals surface area contributed by atoms with E-state index >= 15 is 0 Å². The number of nitrogens with one attached hydrogen (secondary N) is 1. The summed E-state index contributed by atoms with van der Waals surface area (Å²) in [5.74, 6) is 0.580. The van der Waals surface area contributed by atoms with Crippen LogP contribution in [0.2, 0.25) is 10.0 Å². The molecular weight excluding hydrogens is 463 g/mol. The molecule has 1 amide bonds. The van der Waals surface area contributed by atoms with Crippen molar-refractivity contribution < 1.29 is 9.59 Å². The fourth-order valence-corrected chi connectivity index (χ4v) is 4.31. The third-order valence-corrected chi connectivity index (χ3v) is 6.12. The van der Waals surface area contributed by atoms with Crippen LogP contribution in [0, 0.1) is 0 Å². The van der Waals surface area contributed by atoms with E-state index in [-0.39, 0.29) is 24.8 Å². The van der Waals surface area contributed by atoms with E-state index < -0.39 is 0 Å². The normalized spacial score (nSPS) is 13.9. The van der Waals surface area contributed by atoms with E-state index in [0.29, 0.717) is 45.1 Å². The van der Waals surface area contributed by atoms with Gasteiger partial charge in [0.15, 0.2) is 17.4 Å². The Morgan fingerprint density at radius 1 is 1.00 bits per heavy atom. The lowest BCUT2D eigenvalue weighted by Crippen LogP contribution is -2.31. The van der Waals surface area contributed by atoms with Gasteiger partial charge in [-0.05, 0) is 56.3 Å². The number of halogens is 2. The van der Waals surface area contributed by atoms with E-state index in [1.54, 1.807) is 42.5 Å². The van der Waals surface area contributed by atoms with Crippen LogP contribution in [-0.4, -0.2) is 51.0 Å². The molecule has 0 bridgehead atoms. The topological polar surface area (TPSA) is 106 Å². The number of aromatic nitrogens is 3. The van der Waals surface area contributed by atoms with Gasteiger partial charge >= 0.3 is 0 Å². The molecule has 0 radical (unpaired) electrons. The van der Waals surface area contributed by atoms with Crippen molar-refractivity contribution in [3.63, 3.8) is 0 Å². The van der Waals surface area contributed by atoms with E-state index in [1.165, 1.54) is 0 Å². The quantitative estimate of drug-likeness (QED) is 0.474. The SMILES string of the molecule is NCC(=O)NCc1nnc(CN2CCCC2)n1-c1ccc(Cl)cc1C(=O)c1ccccc1Cl. The van der Waals surface area contributed by atoms with E-state index in [2.05, 4.69) is 20.4 Å². The summed E-state index contributed by atoms with van der Waals surface area (Å²) in [7, 11) is 0. The molecule has 2 aromatic carbocycles. The van der Waals surface area contributed by atoms with E-state index in [0.717, 1.165) is 25.9 Å². The predicted molar refractivity (Wildman–Crippen MR) is 127 cm³/mol. The number of rotatable bonds is 8. The molecule has 3 aromatic rings. The largest absolute Gasteiger partial charge is 0.348 e. The van der Waals surface area contributed by atoms with Crippen LogP contribution in [0.4, 0.5) is 0 Å². The summed E-state index contributed by atoms with van der Waals surface area (Å²) in [4.78, 5) is 27.6. The molecule has 0 spiro atoms. The Labute approximate surface area is 201 Å². The number of carbonyl (C=O) groups excluding carboxylic acids is 2. The highest BCUT2D eigenvalue weighted by Gasteiger charge is 2.24. The number of likely N-dealkylation sites (tertiary alicyclic amines) is 1. The molecule has 1 aromatic heterocycles. The zero-order valence-electron chi connectivity index (χ0n) is 17.9.